The van der Waals surface area contributed by atoms with E-state index >= 15 is 0 Å². The van der Waals surface area contributed by atoms with E-state index in [-0.39, 0.29) is 17.9 Å². The van der Waals surface area contributed by atoms with Gasteiger partial charge in [0.15, 0.2) is 6.10 Å². The van der Waals surface area contributed by atoms with E-state index in [0.29, 0.717) is 18.9 Å². The van der Waals surface area contributed by atoms with E-state index < -0.39 is 0 Å². The normalized spacial score (nSPS) is 23.5. The third-order valence-corrected chi connectivity index (χ3v) is 7.07. The summed E-state index contributed by atoms with van der Waals surface area (Å²) in [5.41, 5.74) is 1.81. The zero-order valence-electron chi connectivity index (χ0n) is 22.3. The first-order valence-electron chi connectivity index (χ1n) is 13.7. The number of ketones is 1. The molecule has 2 N–H and O–H groups in total. The van der Waals surface area contributed by atoms with Crippen LogP contribution in [0.1, 0.15) is 63.9 Å². The van der Waals surface area contributed by atoms with Crippen LogP contribution in [0.25, 0.3) is 0 Å². The molecule has 0 radical (unpaired) electrons. The van der Waals surface area contributed by atoms with Gasteiger partial charge in [0, 0.05) is 24.3 Å². The van der Waals surface area contributed by atoms with Crippen LogP contribution in [-0.2, 0) is 20.7 Å². The second kappa shape index (κ2) is 18.3. The molecule has 0 amide bonds. The van der Waals surface area contributed by atoms with Crippen LogP contribution < -0.4 is 10.2 Å². The minimum atomic E-state index is -0.171. The van der Waals surface area contributed by atoms with E-state index in [1.54, 1.807) is 0 Å². The monoisotopic (exact) mass is 517 g/mol. The number of piperidine rings is 1. The second-order valence-electron chi connectivity index (χ2n) is 9.76. The highest BCUT2D eigenvalue weighted by Crippen LogP contribution is 2.19. The number of likely N-dealkylation sites (tertiary alicyclic amines) is 1. The van der Waals surface area contributed by atoms with Crippen LogP contribution in [0.3, 0.4) is 0 Å². The Balaban J connectivity index is 0.000000431. The number of alkyl halides is 1. The van der Waals surface area contributed by atoms with Crippen molar-refractivity contribution in [1.82, 2.24) is 5.32 Å². The summed E-state index contributed by atoms with van der Waals surface area (Å²) in [6, 6.07) is 9.70. The predicted octanol–water partition coefficient (Wildman–Crippen LogP) is 4.31. The van der Waals surface area contributed by atoms with Crippen molar-refractivity contribution in [3.8, 4) is 0 Å². The molecule has 6 heteroatoms. The van der Waals surface area contributed by atoms with Gasteiger partial charge in [0.1, 0.15) is 13.1 Å². The molecule has 3 aliphatic rings. The lowest BCUT2D eigenvalue weighted by Gasteiger charge is -2.35. The maximum Gasteiger partial charge on any atom is 0.310 e. The molecular formula is C30H46ClN2O3+. The maximum atomic E-state index is 12.5. The number of rotatable bonds is 7. The minimum Gasteiger partial charge on any atom is -0.456 e. The van der Waals surface area contributed by atoms with Gasteiger partial charge >= 0.3 is 5.97 Å². The van der Waals surface area contributed by atoms with Gasteiger partial charge in [-0.3, -0.25) is 9.59 Å². The van der Waals surface area contributed by atoms with Crippen LogP contribution in [0, 0.1) is 5.92 Å². The van der Waals surface area contributed by atoms with E-state index in [9.17, 15) is 9.59 Å². The molecule has 2 saturated heterocycles. The third kappa shape index (κ3) is 11.4. The Kier molecular flexibility index (Phi) is 15.4. The van der Waals surface area contributed by atoms with Gasteiger partial charge in [0.2, 0.25) is 5.78 Å². The lowest BCUT2D eigenvalue weighted by Crippen LogP contribution is -3.15. The number of hydrogen-bond donors (Lipinski definition) is 2. The number of benzene rings is 1. The molecule has 0 spiro atoms. The van der Waals surface area contributed by atoms with Crippen molar-refractivity contribution in [2.24, 2.45) is 5.92 Å². The van der Waals surface area contributed by atoms with Crippen molar-refractivity contribution in [3.63, 3.8) is 0 Å². The highest BCUT2D eigenvalue weighted by atomic mass is 35.5. The van der Waals surface area contributed by atoms with Gasteiger partial charge in [-0.15, -0.1) is 11.6 Å². The summed E-state index contributed by atoms with van der Waals surface area (Å²) in [6.07, 6.45) is 17.4. The number of carbonyl (C=O) groups excluding carboxylic acids is 2. The maximum absolute atomic E-state index is 12.5. The summed E-state index contributed by atoms with van der Waals surface area (Å²) < 4.78 is 5.86. The molecule has 2 fully saturated rings. The molecule has 0 bridgehead atoms. The van der Waals surface area contributed by atoms with Gasteiger partial charge < -0.3 is 15.0 Å². The van der Waals surface area contributed by atoms with Gasteiger partial charge in [-0.1, -0.05) is 68.3 Å². The third-order valence-electron chi connectivity index (χ3n) is 7.07. The number of esters is 1. The molecule has 0 saturated carbocycles. The van der Waals surface area contributed by atoms with E-state index in [2.05, 4.69) is 29.9 Å². The molecule has 2 aliphatic heterocycles. The quantitative estimate of drug-likeness (QED) is 0.418. The fraction of sp³-hybridized carbons (Fsp3) is 0.600. The molecule has 5 nitrogen and oxygen atoms in total. The molecule has 1 aromatic rings. The van der Waals surface area contributed by atoms with E-state index in [0.717, 1.165) is 49.9 Å². The summed E-state index contributed by atoms with van der Waals surface area (Å²) in [5.74, 6) is 0.415. The van der Waals surface area contributed by atoms with Crippen LogP contribution in [0.15, 0.2) is 54.1 Å². The van der Waals surface area contributed by atoms with Crippen LogP contribution in [0.4, 0.5) is 0 Å². The molecule has 1 aromatic carbocycles. The summed E-state index contributed by atoms with van der Waals surface area (Å²) >= 11 is 4.64. The van der Waals surface area contributed by atoms with Gasteiger partial charge in [0.25, 0.3) is 0 Å². The summed E-state index contributed by atoms with van der Waals surface area (Å²) in [4.78, 5) is 26.2. The topological polar surface area (TPSA) is 59.8 Å². The van der Waals surface area contributed by atoms with Crippen LogP contribution >= 0.6 is 11.6 Å². The molecule has 200 valence electrons. The zero-order valence-corrected chi connectivity index (χ0v) is 23.0. The van der Waals surface area contributed by atoms with Crippen molar-refractivity contribution in [2.75, 3.05) is 39.1 Å². The van der Waals surface area contributed by atoms with Crippen molar-refractivity contribution < 1.29 is 19.2 Å². The van der Waals surface area contributed by atoms with E-state index in [1.165, 1.54) is 50.1 Å². The second-order valence-corrected chi connectivity index (χ2v) is 9.76. The Bertz CT molecular complexity index is 805. The predicted molar refractivity (Wildman–Crippen MR) is 149 cm³/mol. The Morgan fingerprint density at radius 3 is 2.42 bits per heavy atom. The van der Waals surface area contributed by atoms with Gasteiger partial charge in [-0.05, 0) is 50.8 Å². The number of allylic oxidation sites excluding steroid dienone is 3. The molecular weight excluding hydrogens is 472 g/mol. The number of halogens is 1. The average Bonchev–Trinajstić information content (AvgIpc) is 3.25. The van der Waals surface area contributed by atoms with Crippen molar-refractivity contribution in [2.45, 2.75) is 70.8 Å². The SMILES string of the molecule is C1CCCNCC1.CCC1CC[NH+](CC(=O)C2=CCCC=C2)C[C@@H]1OC(=O)Cc1ccccc1.CCl. The molecule has 0 aromatic heterocycles. The first kappa shape index (κ1) is 30.3. The molecule has 1 aliphatic carbocycles. The smallest absolute Gasteiger partial charge is 0.310 e. The Morgan fingerprint density at radius 2 is 1.78 bits per heavy atom. The standard InChI is InChI=1S/C23H29NO3.C6H13N.CH3Cl/c1-2-19-13-14-24(16-21(25)20-11-7-4-8-12-20)17-22(19)27-23(26)15-18-9-5-3-6-10-18;1-2-4-6-7-5-3-1;1-2/h3,5-7,9-12,19,22H,2,4,8,13-17H2,1H3;7H,1-6H2;1H3/p+1/t19?,22-;;/m0../s1. The first-order chi connectivity index (χ1) is 17.7. The number of Topliss-reactive ketones (excluding diaryl/α,β-unsaturated/α-hetero) is 1. The Hall–Kier alpha value is -1.95. The van der Waals surface area contributed by atoms with Gasteiger partial charge in [0.05, 0.1) is 13.0 Å². The molecule has 4 rings (SSSR count). The Labute approximate surface area is 223 Å². The number of ether oxygens (including phenoxy) is 1. The van der Waals surface area contributed by atoms with E-state index in [1.807, 2.05) is 42.5 Å². The van der Waals surface area contributed by atoms with E-state index in [4.69, 9.17) is 4.74 Å². The lowest BCUT2D eigenvalue weighted by molar-refractivity contribution is -0.901. The van der Waals surface area contributed by atoms with Crippen LogP contribution in [-0.4, -0.2) is 57.0 Å². The van der Waals surface area contributed by atoms with Gasteiger partial charge in [-0.2, -0.15) is 0 Å². The van der Waals surface area contributed by atoms with Gasteiger partial charge in [-0.25, -0.2) is 0 Å². The molecule has 2 unspecified atom stereocenters. The van der Waals surface area contributed by atoms with Crippen molar-refractivity contribution >= 4 is 23.4 Å². The number of nitrogens with one attached hydrogen (secondary N) is 2. The largest absolute Gasteiger partial charge is 0.456 e. The molecule has 2 heterocycles. The van der Waals surface area contributed by atoms with Crippen molar-refractivity contribution in [3.05, 3.63) is 59.7 Å². The summed E-state index contributed by atoms with van der Waals surface area (Å²) in [7, 11) is 0. The summed E-state index contributed by atoms with van der Waals surface area (Å²) in [6.45, 7) is 6.82. The highest BCUT2D eigenvalue weighted by Gasteiger charge is 2.34. The van der Waals surface area contributed by atoms with Crippen molar-refractivity contribution in [1.29, 1.82) is 0 Å². The summed E-state index contributed by atoms with van der Waals surface area (Å²) in [5, 5.41) is 3.35. The van der Waals surface area contributed by atoms with Crippen LogP contribution in [0.2, 0.25) is 0 Å². The highest BCUT2D eigenvalue weighted by molar-refractivity contribution is 6.15. The number of carbonyl (C=O) groups is 2. The number of hydrogen-bond acceptors (Lipinski definition) is 4. The zero-order chi connectivity index (χ0) is 26.0. The average molecular weight is 518 g/mol. The minimum absolute atomic E-state index is 0.0985. The molecule has 36 heavy (non-hydrogen) atoms. The fourth-order valence-corrected chi connectivity index (χ4v) is 5.00. The molecule has 3 atom stereocenters. The Morgan fingerprint density at radius 1 is 1.06 bits per heavy atom. The van der Waals surface area contributed by atoms with Crippen LogP contribution in [0.5, 0.6) is 0 Å². The fourth-order valence-electron chi connectivity index (χ4n) is 5.00. The number of quaternary nitrogens is 1. The lowest BCUT2D eigenvalue weighted by atomic mass is 9.91. The first-order valence-corrected chi connectivity index (χ1v) is 14.5.